The third kappa shape index (κ3) is 2.69. The maximum absolute atomic E-state index is 4.62. The van der Waals surface area contributed by atoms with Crippen molar-refractivity contribution in [3.63, 3.8) is 0 Å². The number of hydrogen-bond acceptors (Lipinski definition) is 3. The van der Waals surface area contributed by atoms with Gasteiger partial charge < -0.3 is 5.32 Å². The Kier molecular flexibility index (Phi) is 3.49. The van der Waals surface area contributed by atoms with Gasteiger partial charge in [0, 0.05) is 22.4 Å². The standard InChI is InChI=1S/C17H24N2S/c1-11-10-18-16-14(12(2)19-11)9-15(20-16)13-5-7-17(3,4)8-6-13/h9-10,13,18H,5-8H2,1-4H3. The summed E-state index contributed by atoms with van der Waals surface area (Å²) in [6, 6.07) is 2.38. The molecule has 2 heterocycles. The van der Waals surface area contributed by atoms with Gasteiger partial charge in [0.05, 0.1) is 5.70 Å². The highest BCUT2D eigenvalue weighted by Gasteiger charge is 2.29. The number of fused-ring (bicyclic) bond motifs is 1. The van der Waals surface area contributed by atoms with E-state index in [0.29, 0.717) is 5.41 Å². The van der Waals surface area contributed by atoms with E-state index >= 15 is 0 Å². The fourth-order valence-corrected chi connectivity index (χ4v) is 4.45. The number of anilines is 1. The molecule has 2 aliphatic rings. The van der Waals surface area contributed by atoms with Crippen LogP contribution in [0.25, 0.3) is 0 Å². The van der Waals surface area contributed by atoms with Crippen molar-refractivity contribution in [2.45, 2.75) is 59.3 Å². The molecule has 1 fully saturated rings. The average molecular weight is 288 g/mol. The molecule has 0 aromatic carbocycles. The Morgan fingerprint density at radius 3 is 2.65 bits per heavy atom. The van der Waals surface area contributed by atoms with Crippen molar-refractivity contribution in [1.29, 1.82) is 0 Å². The van der Waals surface area contributed by atoms with Crippen LogP contribution in [0.2, 0.25) is 0 Å². The molecule has 1 aliphatic heterocycles. The monoisotopic (exact) mass is 288 g/mol. The van der Waals surface area contributed by atoms with Gasteiger partial charge in [-0.2, -0.15) is 0 Å². The number of nitrogens with zero attached hydrogens (tertiary/aromatic N) is 1. The summed E-state index contributed by atoms with van der Waals surface area (Å²) in [5.74, 6) is 0.750. The number of hydrogen-bond donors (Lipinski definition) is 1. The zero-order valence-corrected chi connectivity index (χ0v) is 13.7. The molecule has 1 aromatic heterocycles. The number of aliphatic imine (C=N–C) groups is 1. The first-order valence-electron chi connectivity index (χ1n) is 7.57. The molecule has 3 heteroatoms. The van der Waals surface area contributed by atoms with Gasteiger partial charge in [0.2, 0.25) is 0 Å². The maximum atomic E-state index is 4.62. The fourth-order valence-electron chi connectivity index (χ4n) is 3.20. The molecule has 3 rings (SSSR count). The van der Waals surface area contributed by atoms with Crippen molar-refractivity contribution >= 4 is 22.0 Å². The van der Waals surface area contributed by atoms with Gasteiger partial charge in [0.1, 0.15) is 5.00 Å². The summed E-state index contributed by atoms with van der Waals surface area (Å²) in [5.41, 5.74) is 4.02. The molecule has 20 heavy (non-hydrogen) atoms. The summed E-state index contributed by atoms with van der Waals surface area (Å²) in [7, 11) is 0. The summed E-state index contributed by atoms with van der Waals surface area (Å²) < 4.78 is 0. The number of nitrogens with one attached hydrogen (secondary N) is 1. The molecule has 0 unspecified atom stereocenters. The Hall–Kier alpha value is -1.09. The lowest BCUT2D eigenvalue weighted by atomic mass is 9.73. The van der Waals surface area contributed by atoms with Gasteiger partial charge in [-0.25, -0.2) is 0 Å². The van der Waals surface area contributed by atoms with E-state index in [9.17, 15) is 0 Å². The fraction of sp³-hybridized carbons (Fsp3) is 0.588. The van der Waals surface area contributed by atoms with Crippen molar-refractivity contribution < 1.29 is 0 Å². The summed E-state index contributed by atoms with van der Waals surface area (Å²) in [4.78, 5) is 6.16. The molecule has 0 atom stereocenters. The molecule has 108 valence electrons. The minimum atomic E-state index is 0.542. The lowest BCUT2D eigenvalue weighted by molar-refractivity contribution is 0.226. The van der Waals surface area contributed by atoms with Crippen LogP contribution < -0.4 is 5.32 Å². The van der Waals surface area contributed by atoms with Crippen LogP contribution in [-0.4, -0.2) is 5.71 Å². The smallest absolute Gasteiger partial charge is 0.102 e. The van der Waals surface area contributed by atoms with Crippen molar-refractivity contribution in [2.24, 2.45) is 10.4 Å². The van der Waals surface area contributed by atoms with Crippen molar-refractivity contribution in [3.8, 4) is 0 Å². The minimum Gasteiger partial charge on any atom is -0.351 e. The van der Waals surface area contributed by atoms with E-state index in [2.05, 4.69) is 37.1 Å². The molecule has 1 saturated carbocycles. The van der Waals surface area contributed by atoms with Gasteiger partial charge in [-0.1, -0.05) is 13.8 Å². The van der Waals surface area contributed by atoms with Crippen LogP contribution in [0.3, 0.4) is 0 Å². The van der Waals surface area contributed by atoms with Crippen LogP contribution in [0.15, 0.2) is 23.0 Å². The average Bonchev–Trinajstić information content (AvgIpc) is 2.75. The SMILES string of the molecule is CC1=CNc2sc(C3CCC(C)(C)CC3)cc2C(C)=N1. The van der Waals surface area contributed by atoms with E-state index in [-0.39, 0.29) is 0 Å². The van der Waals surface area contributed by atoms with E-state index in [1.807, 2.05) is 24.5 Å². The number of rotatable bonds is 1. The minimum absolute atomic E-state index is 0.542. The van der Waals surface area contributed by atoms with Crippen LogP contribution >= 0.6 is 11.3 Å². The Labute approximate surface area is 126 Å². The summed E-state index contributed by atoms with van der Waals surface area (Å²) in [5, 5.41) is 4.69. The number of thiophene rings is 1. The van der Waals surface area contributed by atoms with Crippen molar-refractivity contribution in [3.05, 3.63) is 28.4 Å². The molecule has 0 bridgehead atoms. The first-order valence-corrected chi connectivity index (χ1v) is 8.39. The van der Waals surface area contributed by atoms with Crippen LogP contribution in [0, 0.1) is 5.41 Å². The largest absolute Gasteiger partial charge is 0.351 e. The second-order valence-corrected chi connectivity index (χ2v) is 8.04. The molecule has 0 saturated heterocycles. The predicted molar refractivity (Wildman–Crippen MR) is 88.9 cm³/mol. The zero-order valence-electron chi connectivity index (χ0n) is 12.9. The zero-order chi connectivity index (χ0) is 14.3. The van der Waals surface area contributed by atoms with Gasteiger partial charge in [0.15, 0.2) is 0 Å². The Bertz CT molecular complexity index is 568. The number of allylic oxidation sites excluding steroid dienone is 1. The molecule has 2 nitrogen and oxygen atoms in total. The highest BCUT2D eigenvalue weighted by molar-refractivity contribution is 7.16. The van der Waals surface area contributed by atoms with E-state index < -0.39 is 0 Å². The van der Waals surface area contributed by atoms with E-state index in [0.717, 1.165) is 17.3 Å². The molecule has 1 aromatic rings. The normalized spacial score (nSPS) is 22.4. The summed E-state index contributed by atoms with van der Waals surface area (Å²) in [6.45, 7) is 8.96. The van der Waals surface area contributed by atoms with Crippen molar-refractivity contribution in [2.75, 3.05) is 5.32 Å². The molecular formula is C17H24N2S. The molecule has 1 aliphatic carbocycles. The van der Waals surface area contributed by atoms with Crippen LogP contribution in [0.5, 0.6) is 0 Å². The van der Waals surface area contributed by atoms with Crippen LogP contribution in [0.4, 0.5) is 5.00 Å². The topological polar surface area (TPSA) is 24.4 Å². The molecule has 1 N–H and O–H groups in total. The lowest BCUT2D eigenvalue weighted by Crippen LogP contribution is -2.19. The predicted octanol–water partition coefficient (Wildman–Crippen LogP) is 5.53. The quantitative estimate of drug-likeness (QED) is 0.722. The Balaban J connectivity index is 1.84. The Morgan fingerprint density at radius 2 is 1.95 bits per heavy atom. The Morgan fingerprint density at radius 1 is 1.25 bits per heavy atom. The third-order valence-corrected chi connectivity index (χ3v) is 5.87. The van der Waals surface area contributed by atoms with Gasteiger partial charge in [-0.05, 0) is 56.9 Å². The third-order valence-electron chi connectivity index (χ3n) is 4.64. The molecule has 0 spiro atoms. The second-order valence-electron chi connectivity index (χ2n) is 6.96. The van der Waals surface area contributed by atoms with Gasteiger partial charge in [-0.15, -0.1) is 11.3 Å². The van der Waals surface area contributed by atoms with E-state index in [1.165, 1.54) is 36.2 Å². The molecule has 0 radical (unpaired) electrons. The van der Waals surface area contributed by atoms with Gasteiger partial charge in [0.25, 0.3) is 0 Å². The first-order chi connectivity index (χ1) is 9.44. The first kappa shape index (κ1) is 13.9. The molecular weight excluding hydrogens is 264 g/mol. The highest BCUT2D eigenvalue weighted by atomic mass is 32.1. The van der Waals surface area contributed by atoms with Gasteiger partial charge >= 0.3 is 0 Å². The highest BCUT2D eigenvalue weighted by Crippen LogP contribution is 2.46. The van der Waals surface area contributed by atoms with Crippen molar-refractivity contribution in [1.82, 2.24) is 0 Å². The van der Waals surface area contributed by atoms with Gasteiger partial charge in [-0.3, -0.25) is 4.99 Å². The summed E-state index contributed by atoms with van der Waals surface area (Å²) >= 11 is 1.92. The van der Waals surface area contributed by atoms with Crippen LogP contribution in [0.1, 0.15) is 69.7 Å². The lowest BCUT2D eigenvalue weighted by Gasteiger charge is -2.33. The van der Waals surface area contributed by atoms with E-state index in [4.69, 9.17) is 0 Å². The summed E-state index contributed by atoms with van der Waals surface area (Å²) in [6.07, 6.45) is 7.37. The molecule has 0 amide bonds. The maximum Gasteiger partial charge on any atom is 0.102 e. The van der Waals surface area contributed by atoms with E-state index in [1.54, 1.807) is 4.88 Å². The van der Waals surface area contributed by atoms with Crippen LogP contribution in [-0.2, 0) is 0 Å². The second kappa shape index (κ2) is 5.03.